The van der Waals surface area contributed by atoms with Crippen molar-refractivity contribution in [2.24, 2.45) is 5.92 Å². The highest BCUT2D eigenvalue weighted by Crippen LogP contribution is 2.43. The highest BCUT2D eigenvalue weighted by Gasteiger charge is 2.32. The van der Waals surface area contributed by atoms with Gasteiger partial charge in [-0.2, -0.15) is 0 Å². The maximum Gasteiger partial charge on any atom is 0.121 e. The van der Waals surface area contributed by atoms with E-state index in [0.717, 1.165) is 36.0 Å². The molecule has 128 valence electrons. The largest absolute Gasteiger partial charge is 0.508 e. The highest BCUT2D eigenvalue weighted by molar-refractivity contribution is 5.44. The Balaban J connectivity index is 1.67. The Morgan fingerprint density at radius 1 is 0.958 bits per heavy atom. The first-order chi connectivity index (χ1) is 11.4. The fraction of sp³-hybridized carbons (Fsp3) is 0.455. The molecule has 2 N–H and O–H groups in total. The molecule has 0 aromatic heterocycles. The summed E-state index contributed by atoms with van der Waals surface area (Å²) >= 11 is 0. The number of hydrogen-bond donors (Lipinski definition) is 2. The van der Waals surface area contributed by atoms with Crippen molar-refractivity contribution in [2.45, 2.75) is 58.3 Å². The Kier molecular flexibility index (Phi) is 4.58. The minimum Gasteiger partial charge on any atom is -0.508 e. The van der Waals surface area contributed by atoms with Gasteiger partial charge in [-0.3, -0.25) is 0 Å². The van der Waals surface area contributed by atoms with Gasteiger partial charge in [0.05, 0.1) is 0 Å². The zero-order valence-corrected chi connectivity index (χ0v) is 15.0. The van der Waals surface area contributed by atoms with Crippen LogP contribution in [-0.2, 0) is 11.8 Å². The van der Waals surface area contributed by atoms with Crippen LogP contribution in [0.25, 0.3) is 0 Å². The van der Waals surface area contributed by atoms with Crippen molar-refractivity contribution in [2.75, 3.05) is 0 Å². The van der Waals surface area contributed by atoms with Gasteiger partial charge in [-0.05, 0) is 91.7 Å². The van der Waals surface area contributed by atoms with E-state index in [9.17, 15) is 10.2 Å². The van der Waals surface area contributed by atoms with Gasteiger partial charge in [0.25, 0.3) is 0 Å². The van der Waals surface area contributed by atoms with Gasteiger partial charge in [0.15, 0.2) is 0 Å². The van der Waals surface area contributed by atoms with E-state index in [1.165, 1.54) is 18.4 Å². The highest BCUT2D eigenvalue weighted by atomic mass is 16.3. The Bertz CT molecular complexity index is 707. The van der Waals surface area contributed by atoms with Crippen LogP contribution in [0.5, 0.6) is 11.5 Å². The van der Waals surface area contributed by atoms with Crippen molar-refractivity contribution in [1.29, 1.82) is 0 Å². The summed E-state index contributed by atoms with van der Waals surface area (Å²) in [5, 5.41) is 19.9. The van der Waals surface area contributed by atoms with Gasteiger partial charge in [0.1, 0.15) is 11.5 Å². The maximum atomic E-state index is 10.4. The molecule has 1 saturated carbocycles. The van der Waals surface area contributed by atoms with E-state index >= 15 is 0 Å². The summed E-state index contributed by atoms with van der Waals surface area (Å²) in [6.45, 7) is 6.38. The van der Waals surface area contributed by atoms with Crippen LogP contribution in [0, 0.1) is 19.8 Å². The molecule has 3 rings (SSSR count). The summed E-state index contributed by atoms with van der Waals surface area (Å²) in [7, 11) is 0. The number of phenolic OH excluding ortho intramolecular Hbond substituents is 2. The molecule has 0 unspecified atom stereocenters. The molecule has 1 fully saturated rings. The lowest BCUT2D eigenvalue weighted by Crippen LogP contribution is -2.29. The van der Waals surface area contributed by atoms with Crippen LogP contribution in [0.3, 0.4) is 0 Å². The van der Waals surface area contributed by atoms with E-state index in [4.69, 9.17) is 0 Å². The number of aryl methyl sites for hydroxylation is 1. The van der Waals surface area contributed by atoms with E-state index in [1.807, 2.05) is 13.8 Å². The number of phenols is 2. The number of benzene rings is 2. The quantitative estimate of drug-likeness (QED) is 0.793. The Morgan fingerprint density at radius 2 is 1.58 bits per heavy atom. The van der Waals surface area contributed by atoms with E-state index < -0.39 is 0 Å². The second-order valence-electron chi connectivity index (χ2n) is 7.77. The Morgan fingerprint density at radius 3 is 2.21 bits per heavy atom. The molecule has 0 atom stereocenters. The summed E-state index contributed by atoms with van der Waals surface area (Å²) in [6, 6.07) is 11.9. The predicted molar refractivity (Wildman–Crippen MR) is 98.7 cm³/mol. The lowest BCUT2D eigenvalue weighted by Gasteiger charge is -2.38. The molecule has 2 nitrogen and oxygen atoms in total. The molecule has 1 aliphatic carbocycles. The molecule has 24 heavy (non-hydrogen) atoms. The summed E-state index contributed by atoms with van der Waals surface area (Å²) in [4.78, 5) is 0. The Labute approximate surface area is 145 Å². The van der Waals surface area contributed by atoms with Crippen molar-refractivity contribution in [3.8, 4) is 11.5 Å². The van der Waals surface area contributed by atoms with Crippen LogP contribution in [0.15, 0.2) is 36.4 Å². The van der Waals surface area contributed by atoms with Crippen molar-refractivity contribution in [3.63, 3.8) is 0 Å². The van der Waals surface area contributed by atoms with Crippen LogP contribution in [0.1, 0.15) is 54.9 Å². The lowest BCUT2D eigenvalue weighted by molar-refractivity contribution is 0.245. The van der Waals surface area contributed by atoms with Gasteiger partial charge in [0.2, 0.25) is 0 Å². The van der Waals surface area contributed by atoms with E-state index in [1.54, 1.807) is 12.1 Å². The van der Waals surface area contributed by atoms with Gasteiger partial charge in [0, 0.05) is 0 Å². The van der Waals surface area contributed by atoms with Crippen LogP contribution in [0.2, 0.25) is 0 Å². The average Bonchev–Trinajstić information content (AvgIpc) is 2.58. The fourth-order valence-corrected chi connectivity index (χ4v) is 4.00. The van der Waals surface area contributed by atoms with Crippen LogP contribution >= 0.6 is 0 Å². The third kappa shape index (κ3) is 3.28. The van der Waals surface area contributed by atoms with E-state index in [2.05, 4.69) is 31.2 Å². The molecule has 0 heterocycles. The average molecular weight is 324 g/mol. The van der Waals surface area contributed by atoms with Crippen molar-refractivity contribution in [1.82, 2.24) is 0 Å². The predicted octanol–water partition coefficient (Wildman–Crippen LogP) is 5.41. The monoisotopic (exact) mass is 324 g/mol. The third-order valence-electron chi connectivity index (χ3n) is 6.07. The summed E-state index contributed by atoms with van der Waals surface area (Å²) < 4.78 is 0. The van der Waals surface area contributed by atoms with Crippen LogP contribution in [0.4, 0.5) is 0 Å². The lowest BCUT2D eigenvalue weighted by atomic mass is 9.67. The molecular formula is C22H28O2. The second kappa shape index (κ2) is 6.51. The molecule has 2 heteroatoms. The minimum absolute atomic E-state index is 0.204. The molecule has 2 aromatic rings. The number of aromatic hydroxyl groups is 2. The number of rotatable bonds is 3. The normalized spacial score (nSPS) is 24.0. The van der Waals surface area contributed by atoms with E-state index in [0.29, 0.717) is 17.4 Å². The standard InChI is InChI=1S/C22H28O2/c1-15-4-5-18(21(24)16(15)2)14-17-10-12-22(3,13-11-17)19-6-8-20(23)9-7-19/h4-9,17,23-24H,10-14H2,1-3H3. The van der Waals surface area contributed by atoms with Crippen molar-refractivity contribution < 1.29 is 10.2 Å². The summed E-state index contributed by atoms with van der Waals surface area (Å²) in [5.41, 5.74) is 4.79. The Hall–Kier alpha value is -1.96. The van der Waals surface area contributed by atoms with Gasteiger partial charge in [-0.1, -0.05) is 31.2 Å². The molecule has 0 radical (unpaired) electrons. The van der Waals surface area contributed by atoms with E-state index in [-0.39, 0.29) is 5.41 Å². The molecule has 2 aromatic carbocycles. The maximum absolute atomic E-state index is 10.4. The first-order valence-corrected chi connectivity index (χ1v) is 8.96. The summed E-state index contributed by atoms with van der Waals surface area (Å²) in [5.74, 6) is 1.46. The SMILES string of the molecule is Cc1ccc(CC2CCC(C)(c3ccc(O)cc3)CC2)c(O)c1C. The molecular weight excluding hydrogens is 296 g/mol. The number of hydrogen-bond acceptors (Lipinski definition) is 2. The second-order valence-corrected chi connectivity index (χ2v) is 7.77. The van der Waals surface area contributed by atoms with Gasteiger partial charge in [-0.15, -0.1) is 0 Å². The molecule has 0 saturated heterocycles. The third-order valence-corrected chi connectivity index (χ3v) is 6.07. The smallest absolute Gasteiger partial charge is 0.121 e. The molecule has 0 bridgehead atoms. The zero-order valence-electron chi connectivity index (χ0n) is 15.0. The molecule has 0 aliphatic heterocycles. The first kappa shape index (κ1) is 16.9. The zero-order chi connectivity index (χ0) is 17.3. The van der Waals surface area contributed by atoms with Crippen LogP contribution < -0.4 is 0 Å². The van der Waals surface area contributed by atoms with Gasteiger partial charge in [-0.25, -0.2) is 0 Å². The van der Waals surface area contributed by atoms with Crippen molar-refractivity contribution >= 4 is 0 Å². The molecule has 0 spiro atoms. The first-order valence-electron chi connectivity index (χ1n) is 8.96. The fourth-order valence-electron chi connectivity index (χ4n) is 4.00. The molecule has 0 amide bonds. The van der Waals surface area contributed by atoms with Gasteiger partial charge >= 0.3 is 0 Å². The summed E-state index contributed by atoms with van der Waals surface area (Å²) in [6.07, 6.45) is 5.66. The minimum atomic E-state index is 0.204. The van der Waals surface area contributed by atoms with Crippen molar-refractivity contribution in [3.05, 3.63) is 58.7 Å². The van der Waals surface area contributed by atoms with Crippen LogP contribution in [-0.4, -0.2) is 10.2 Å². The molecule has 1 aliphatic rings. The van der Waals surface area contributed by atoms with Gasteiger partial charge < -0.3 is 10.2 Å². The topological polar surface area (TPSA) is 40.5 Å².